The minimum absolute atomic E-state index is 0.0311. The van der Waals surface area contributed by atoms with Crippen LogP contribution in [0.1, 0.15) is 29.4 Å². The highest BCUT2D eigenvalue weighted by atomic mass is 32.2. The molecule has 1 aromatic heterocycles. The summed E-state index contributed by atoms with van der Waals surface area (Å²) >= 11 is 0. The van der Waals surface area contributed by atoms with Crippen molar-refractivity contribution in [3.8, 4) is 0 Å². The standard InChI is InChI=1S/C13H19N3O3S/c1-3-10-6-9(7-12(14-2)15-10)13(17)16-11-4-5-20(18,19)8-11/h6-7,11H,3-5,8H2,1-2H3,(H,14,15)(H,16,17). The van der Waals surface area contributed by atoms with Gasteiger partial charge in [-0.2, -0.15) is 0 Å². The van der Waals surface area contributed by atoms with Crippen LogP contribution in [0.4, 0.5) is 5.82 Å². The van der Waals surface area contributed by atoms with Gasteiger partial charge in [-0.25, -0.2) is 13.4 Å². The lowest BCUT2D eigenvalue weighted by Gasteiger charge is -2.12. The Labute approximate surface area is 118 Å². The fourth-order valence-corrected chi connectivity index (χ4v) is 3.88. The van der Waals surface area contributed by atoms with Crippen LogP contribution in [0.2, 0.25) is 0 Å². The SMILES string of the molecule is CCc1cc(C(=O)NC2CCS(=O)(=O)C2)cc(NC)n1. The summed E-state index contributed by atoms with van der Waals surface area (Å²) in [5, 5.41) is 5.70. The van der Waals surface area contributed by atoms with Crippen LogP contribution in [0.15, 0.2) is 12.1 Å². The number of aromatic nitrogens is 1. The van der Waals surface area contributed by atoms with Crippen molar-refractivity contribution in [2.45, 2.75) is 25.8 Å². The molecular weight excluding hydrogens is 278 g/mol. The van der Waals surface area contributed by atoms with E-state index in [1.54, 1.807) is 19.2 Å². The van der Waals surface area contributed by atoms with Gasteiger partial charge in [0, 0.05) is 24.3 Å². The van der Waals surface area contributed by atoms with Gasteiger partial charge in [0.1, 0.15) is 5.82 Å². The molecule has 6 nitrogen and oxygen atoms in total. The van der Waals surface area contributed by atoms with E-state index in [4.69, 9.17) is 0 Å². The van der Waals surface area contributed by atoms with Crippen LogP contribution in [0.25, 0.3) is 0 Å². The van der Waals surface area contributed by atoms with E-state index in [-0.39, 0.29) is 23.5 Å². The number of carbonyl (C=O) groups excluding carboxylic acids is 1. The van der Waals surface area contributed by atoms with E-state index in [0.717, 1.165) is 12.1 Å². The molecule has 110 valence electrons. The summed E-state index contributed by atoms with van der Waals surface area (Å²) in [6.07, 6.45) is 1.21. The van der Waals surface area contributed by atoms with Crippen molar-refractivity contribution in [2.24, 2.45) is 0 Å². The molecule has 0 radical (unpaired) electrons. The highest BCUT2D eigenvalue weighted by Crippen LogP contribution is 2.14. The van der Waals surface area contributed by atoms with Crippen LogP contribution in [-0.2, 0) is 16.3 Å². The van der Waals surface area contributed by atoms with Gasteiger partial charge in [-0.3, -0.25) is 4.79 Å². The Bertz CT molecular complexity index is 591. The molecule has 1 saturated heterocycles. The lowest BCUT2D eigenvalue weighted by molar-refractivity contribution is 0.0941. The predicted molar refractivity (Wildman–Crippen MR) is 77.7 cm³/mol. The third-order valence-corrected chi connectivity index (χ3v) is 5.09. The zero-order chi connectivity index (χ0) is 14.8. The maximum atomic E-state index is 12.2. The van der Waals surface area contributed by atoms with E-state index in [0.29, 0.717) is 17.8 Å². The summed E-state index contributed by atoms with van der Waals surface area (Å²) in [6.45, 7) is 1.97. The van der Waals surface area contributed by atoms with E-state index < -0.39 is 9.84 Å². The lowest BCUT2D eigenvalue weighted by atomic mass is 10.1. The number of pyridine rings is 1. The second kappa shape index (κ2) is 5.78. The van der Waals surface area contributed by atoms with Crippen LogP contribution in [0.3, 0.4) is 0 Å². The second-order valence-electron chi connectivity index (χ2n) is 4.91. The number of hydrogen-bond donors (Lipinski definition) is 2. The molecule has 0 saturated carbocycles. The topological polar surface area (TPSA) is 88.2 Å². The summed E-state index contributed by atoms with van der Waals surface area (Å²) in [5.41, 5.74) is 1.33. The van der Waals surface area contributed by atoms with Crippen molar-refractivity contribution in [1.82, 2.24) is 10.3 Å². The van der Waals surface area contributed by atoms with Crippen molar-refractivity contribution in [3.63, 3.8) is 0 Å². The smallest absolute Gasteiger partial charge is 0.251 e. The Morgan fingerprint density at radius 3 is 2.75 bits per heavy atom. The van der Waals surface area contributed by atoms with Crippen LogP contribution < -0.4 is 10.6 Å². The molecule has 0 aliphatic carbocycles. The molecule has 0 bridgehead atoms. The third-order valence-electron chi connectivity index (χ3n) is 3.33. The molecule has 20 heavy (non-hydrogen) atoms. The lowest BCUT2D eigenvalue weighted by Crippen LogP contribution is -2.35. The molecule has 0 spiro atoms. The van der Waals surface area contributed by atoms with E-state index in [1.807, 2.05) is 6.92 Å². The number of sulfone groups is 1. The number of hydrogen-bond acceptors (Lipinski definition) is 5. The average molecular weight is 297 g/mol. The number of rotatable bonds is 4. The number of carbonyl (C=O) groups is 1. The normalized spacial score (nSPS) is 20.6. The summed E-state index contributed by atoms with van der Waals surface area (Å²) in [6, 6.07) is 3.11. The van der Waals surface area contributed by atoms with E-state index in [9.17, 15) is 13.2 Å². The number of amides is 1. The molecule has 7 heteroatoms. The zero-order valence-electron chi connectivity index (χ0n) is 11.6. The maximum absolute atomic E-state index is 12.2. The largest absolute Gasteiger partial charge is 0.373 e. The Balaban J connectivity index is 2.13. The minimum Gasteiger partial charge on any atom is -0.373 e. The number of nitrogens with one attached hydrogen (secondary N) is 2. The molecule has 2 rings (SSSR count). The van der Waals surface area contributed by atoms with Crippen molar-refractivity contribution in [3.05, 3.63) is 23.4 Å². The fourth-order valence-electron chi connectivity index (χ4n) is 2.21. The molecule has 1 unspecified atom stereocenters. The van der Waals surface area contributed by atoms with Gasteiger partial charge < -0.3 is 10.6 Å². The summed E-state index contributed by atoms with van der Waals surface area (Å²) < 4.78 is 22.8. The Morgan fingerprint density at radius 1 is 1.45 bits per heavy atom. The molecule has 2 heterocycles. The highest BCUT2D eigenvalue weighted by Gasteiger charge is 2.29. The predicted octanol–water partition coefficient (Wildman–Crippen LogP) is 0.603. The molecule has 1 aromatic rings. The minimum atomic E-state index is -2.99. The first-order valence-electron chi connectivity index (χ1n) is 6.63. The van der Waals surface area contributed by atoms with E-state index >= 15 is 0 Å². The zero-order valence-corrected chi connectivity index (χ0v) is 12.5. The first-order valence-corrected chi connectivity index (χ1v) is 8.45. The first kappa shape index (κ1) is 14.8. The van der Waals surface area contributed by atoms with Gasteiger partial charge in [-0.15, -0.1) is 0 Å². The fraction of sp³-hybridized carbons (Fsp3) is 0.538. The highest BCUT2D eigenvalue weighted by molar-refractivity contribution is 7.91. The van der Waals surface area contributed by atoms with Crippen molar-refractivity contribution in [1.29, 1.82) is 0 Å². The molecule has 2 N–H and O–H groups in total. The van der Waals surface area contributed by atoms with Crippen LogP contribution in [0, 0.1) is 0 Å². The molecule has 0 aromatic carbocycles. The van der Waals surface area contributed by atoms with E-state index in [1.165, 1.54) is 0 Å². The van der Waals surface area contributed by atoms with Crippen molar-refractivity contribution in [2.75, 3.05) is 23.9 Å². The van der Waals surface area contributed by atoms with Crippen molar-refractivity contribution < 1.29 is 13.2 Å². The first-order chi connectivity index (χ1) is 9.43. The van der Waals surface area contributed by atoms with Gasteiger partial charge >= 0.3 is 0 Å². The molecule has 1 amide bonds. The average Bonchev–Trinajstić information content (AvgIpc) is 2.77. The van der Waals surface area contributed by atoms with Gasteiger partial charge in [0.05, 0.1) is 11.5 Å². The van der Waals surface area contributed by atoms with Crippen LogP contribution in [-0.4, -0.2) is 43.9 Å². The van der Waals surface area contributed by atoms with Crippen LogP contribution >= 0.6 is 0 Å². The third kappa shape index (κ3) is 3.47. The van der Waals surface area contributed by atoms with E-state index in [2.05, 4.69) is 15.6 Å². The Hall–Kier alpha value is -1.63. The quantitative estimate of drug-likeness (QED) is 0.850. The van der Waals surface area contributed by atoms with Crippen molar-refractivity contribution >= 4 is 21.6 Å². The van der Waals surface area contributed by atoms with Crippen LogP contribution in [0.5, 0.6) is 0 Å². The number of nitrogens with zero attached hydrogens (tertiary/aromatic N) is 1. The van der Waals surface area contributed by atoms with Gasteiger partial charge in [0.25, 0.3) is 5.91 Å². The van der Waals surface area contributed by atoms with Gasteiger partial charge in [0.2, 0.25) is 0 Å². The summed E-state index contributed by atoms with van der Waals surface area (Å²) in [5.74, 6) is 0.564. The monoisotopic (exact) mass is 297 g/mol. The molecule has 1 atom stereocenters. The summed E-state index contributed by atoms with van der Waals surface area (Å²) in [4.78, 5) is 16.5. The van der Waals surface area contributed by atoms with Gasteiger partial charge in [0.15, 0.2) is 9.84 Å². The maximum Gasteiger partial charge on any atom is 0.251 e. The van der Waals surface area contributed by atoms with Gasteiger partial charge in [-0.1, -0.05) is 6.92 Å². The summed E-state index contributed by atoms with van der Waals surface area (Å²) in [7, 11) is -1.25. The molecule has 1 aliphatic rings. The van der Waals surface area contributed by atoms with Gasteiger partial charge in [-0.05, 0) is 25.0 Å². The Morgan fingerprint density at radius 2 is 2.20 bits per heavy atom. The molecule has 1 aliphatic heterocycles. The second-order valence-corrected chi connectivity index (χ2v) is 7.14. The number of aryl methyl sites for hydroxylation is 1. The number of anilines is 1. The Kier molecular flexibility index (Phi) is 4.27. The molecule has 1 fully saturated rings. The molecular formula is C13H19N3O3S.